The van der Waals surface area contributed by atoms with Gasteiger partial charge in [0.05, 0.1) is 13.0 Å². The molecule has 1 N–H and O–H groups in total. The summed E-state index contributed by atoms with van der Waals surface area (Å²) in [6.07, 6.45) is 8.60. The molecule has 8 heteroatoms. The number of amides is 1. The van der Waals surface area contributed by atoms with Crippen LogP contribution in [-0.4, -0.2) is 73.9 Å². The third kappa shape index (κ3) is 8.52. The van der Waals surface area contributed by atoms with E-state index in [4.69, 9.17) is 14.2 Å². The monoisotopic (exact) mass is 534 g/mol. The second kappa shape index (κ2) is 15.2. The molecule has 0 bridgehead atoms. The normalized spacial score (nSPS) is 20.6. The molecule has 0 radical (unpaired) electrons. The lowest BCUT2D eigenvalue weighted by molar-refractivity contribution is -0.143. The molecule has 2 heterocycles. The number of hydrogen-bond acceptors (Lipinski definition) is 6. The van der Waals surface area contributed by atoms with Crippen LogP contribution in [0.25, 0.3) is 0 Å². The molecule has 0 spiro atoms. The molecule has 0 aliphatic carbocycles. The van der Waals surface area contributed by atoms with Crippen molar-refractivity contribution in [2.45, 2.75) is 91.5 Å². The maximum Gasteiger partial charge on any atom is 0.308 e. The molecule has 1 fully saturated rings. The quantitative estimate of drug-likeness (QED) is 0.303. The summed E-state index contributed by atoms with van der Waals surface area (Å²) in [6, 6.07) is 3.82. The minimum absolute atomic E-state index is 0.00506. The molecule has 38 heavy (non-hydrogen) atoms. The Morgan fingerprint density at radius 3 is 2.34 bits per heavy atom. The summed E-state index contributed by atoms with van der Waals surface area (Å²) in [5, 5.41) is 10.1. The lowest BCUT2D eigenvalue weighted by Gasteiger charge is -2.33. The molecule has 3 unspecified atom stereocenters. The summed E-state index contributed by atoms with van der Waals surface area (Å²) < 4.78 is 16.5. The summed E-state index contributed by atoms with van der Waals surface area (Å²) in [5.74, 6) is 0.514. The van der Waals surface area contributed by atoms with Crippen molar-refractivity contribution in [2.75, 3.05) is 40.6 Å². The highest BCUT2D eigenvalue weighted by Crippen LogP contribution is 2.48. The SMILES string of the molecule is CCCC(C)(C)CC1C(C(=O)O)C(c2cc(OC)c3c(c2)OCO3)CN1C.CCCCN(C=O)CCCC. The average Bonchev–Trinajstić information content (AvgIpc) is 3.48. The van der Waals surface area contributed by atoms with Crippen LogP contribution in [-0.2, 0) is 9.59 Å². The van der Waals surface area contributed by atoms with Gasteiger partial charge in [-0.1, -0.05) is 53.9 Å². The van der Waals surface area contributed by atoms with Crippen LogP contribution in [0.1, 0.15) is 91.0 Å². The van der Waals surface area contributed by atoms with E-state index < -0.39 is 11.9 Å². The molecule has 2 aliphatic rings. The van der Waals surface area contributed by atoms with Crippen molar-refractivity contribution in [1.82, 2.24) is 9.80 Å². The number of aliphatic carboxylic acids is 1. The highest BCUT2D eigenvalue weighted by molar-refractivity contribution is 5.73. The van der Waals surface area contributed by atoms with E-state index in [1.54, 1.807) is 7.11 Å². The number of unbranched alkanes of at least 4 members (excludes halogenated alkanes) is 2. The van der Waals surface area contributed by atoms with Crippen LogP contribution in [0.2, 0.25) is 0 Å². The van der Waals surface area contributed by atoms with Gasteiger partial charge < -0.3 is 29.1 Å². The second-order valence-electron chi connectivity index (χ2n) is 11.4. The first-order valence-electron chi connectivity index (χ1n) is 14.2. The number of likely N-dealkylation sites (N-methyl/N-ethyl adjacent to an activating group) is 1. The van der Waals surface area contributed by atoms with Crippen LogP contribution in [0.15, 0.2) is 12.1 Å². The molecular weight excluding hydrogens is 484 g/mol. The smallest absolute Gasteiger partial charge is 0.308 e. The van der Waals surface area contributed by atoms with E-state index in [-0.39, 0.29) is 24.2 Å². The third-order valence-electron chi connectivity index (χ3n) is 7.73. The summed E-state index contributed by atoms with van der Waals surface area (Å²) in [5.41, 5.74) is 1.05. The molecule has 3 atom stereocenters. The number of nitrogens with zero attached hydrogens (tertiary/aromatic N) is 2. The Morgan fingerprint density at radius 1 is 1.16 bits per heavy atom. The Hall–Kier alpha value is -2.48. The van der Waals surface area contributed by atoms with Crippen LogP contribution in [0.3, 0.4) is 0 Å². The van der Waals surface area contributed by atoms with Gasteiger partial charge in [-0.2, -0.15) is 0 Å². The van der Waals surface area contributed by atoms with E-state index in [9.17, 15) is 14.7 Å². The molecule has 0 aromatic heterocycles. The average molecular weight is 535 g/mol. The zero-order valence-electron chi connectivity index (χ0n) is 24.6. The van der Waals surface area contributed by atoms with E-state index in [0.29, 0.717) is 23.8 Å². The van der Waals surface area contributed by atoms with Crippen LogP contribution >= 0.6 is 0 Å². The lowest BCUT2D eigenvalue weighted by atomic mass is 9.76. The maximum atomic E-state index is 12.3. The van der Waals surface area contributed by atoms with Crippen molar-refractivity contribution in [3.8, 4) is 17.2 Å². The van der Waals surface area contributed by atoms with Gasteiger partial charge in [-0.15, -0.1) is 0 Å². The lowest BCUT2D eigenvalue weighted by Crippen LogP contribution is -2.37. The highest BCUT2D eigenvalue weighted by atomic mass is 16.7. The van der Waals surface area contributed by atoms with Crippen molar-refractivity contribution in [2.24, 2.45) is 11.3 Å². The number of carbonyl (C=O) groups excluding carboxylic acids is 1. The number of methoxy groups -OCH3 is 1. The number of fused-ring (bicyclic) bond motifs is 1. The summed E-state index contributed by atoms with van der Waals surface area (Å²) in [7, 11) is 3.62. The Balaban J connectivity index is 0.000000391. The maximum absolute atomic E-state index is 12.3. The van der Waals surface area contributed by atoms with Gasteiger partial charge in [0.15, 0.2) is 11.5 Å². The van der Waals surface area contributed by atoms with Gasteiger partial charge >= 0.3 is 5.97 Å². The Bertz CT molecular complexity index is 882. The van der Waals surface area contributed by atoms with E-state index in [0.717, 1.165) is 70.0 Å². The number of rotatable bonds is 14. The molecule has 8 nitrogen and oxygen atoms in total. The van der Waals surface area contributed by atoms with E-state index in [1.165, 1.54) is 0 Å². The molecular formula is C30H50N2O6. The number of likely N-dealkylation sites (tertiary alicyclic amines) is 1. The van der Waals surface area contributed by atoms with Gasteiger partial charge in [0.25, 0.3) is 0 Å². The summed E-state index contributed by atoms with van der Waals surface area (Å²) in [4.78, 5) is 26.8. The zero-order chi connectivity index (χ0) is 28.3. The van der Waals surface area contributed by atoms with Gasteiger partial charge in [0.2, 0.25) is 19.0 Å². The number of benzene rings is 1. The predicted molar refractivity (Wildman–Crippen MR) is 150 cm³/mol. The Labute approximate surface area is 229 Å². The molecule has 1 saturated heterocycles. The summed E-state index contributed by atoms with van der Waals surface area (Å²) in [6.45, 7) is 13.7. The van der Waals surface area contributed by atoms with Gasteiger partial charge in [0.1, 0.15) is 0 Å². The van der Waals surface area contributed by atoms with Crippen LogP contribution in [0.5, 0.6) is 17.2 Å². The first-order chi connectivity index (χ1) is 18.1. The van der Waals surface area contributed by atoms with Crippen molar-refractivity contribution in [3.05, 3.63) is 17.7 Å². The van der Waals surface area contributed by atoms with E-state index >= 15 is 0 Å². The fraction of sp³-hybridized carbons (Fsp3) is 0.733. The fourth-order valence-corrected chi connectivity index (χ4v) is 5.68. The summed E-state index contributed by atoms with van der Waals surface area (Å²) >= 11 is 0. The van der Waals surface area contributed by atoms with Crippen molar-refractivity contribution in [3.63, 3.8) is 0 Å². The Kier molecular flexibility index (Phi) is 12.7. The zero-order valence-corrected chi connectivity index (χ0v) is 24.6. The minimum atomic E-state index is -0.738. The second-order valence-corrected chi connectivity index (χ2v) is 11.4. The van der Waals surface area contributed by atoms with Gasteiger partial charge in [-0.05, 0) is 55.8 Å². The van der Waals surface area contributed by atoms with Crippen molar-refractivity contribution >= 4 is 12.4 Å². The van der Waals surface area contributed by atoms with Crippen LogP contribution in [0, 0.1) is 11.3 Å². The minimum Gasteiger partial charge on any atom is -0.493 e. The number of hydrogen-bond donors (Lipinski definition) is 1. The molecule has 2 aliphatic heterocycles. The van der Waals surface area contributed by atoms with Crippen LogP contribution < -0.4 is 14.2 Å². The van der Waals surface area contributed by atoms with E-state index in [2.05, 4.69) is 39.5 Å². The number of carboxylic acids is 1. The largest absolute Gasteiger partial charge is 0.493 e. The number of carboxylic acid groups (broad SMARTS) is 1. The first kappa shape index (κ1) is 31.7. The first-order valence-corrected chi connectivity index (χ1v) is 14.2. The van der Waals surface area contributed by atoms with Gasteiger partial charge in [0, 0.05) is 31.6 Å². The number of carbonyl (C=O) groups is 2. The van der Waals surface area contributed by atoms with Crippen molar-refractivity contribution in [1.29, 1.82) is 0 Å². The third-order valence-corrected chi connectivity index (χ3v) is 7.73. The highest BCUT2D eigenvalue weighted by Gasteiger charge is 2.47. The Morgan fingerprint density at radius 2 is 1.82 bits per heavy atom. The van der Waals surface area contributed by atoms with Gasteiger partial charge in [-0.3, -0.25) is 9.59 Å². The standard InChI is InChI=1S/C21H31NO5.C9H19NO/c1-6-7-21(2,3)10-15-18(20(23)24)14(11-22(15)4)13-8-16(25-5)19-17(9-13)26-12-27-19;1-3-5-7-10(9-11)8-6-4-2/h8-9,14-15,18H,6-7,10-12H2,1-5H3,(H,23,24);9H,3-8H2,1-2H3. The molecule has 1 amide bonds. The fourth-order valence-electron chi connectivity index (χ4n) is 5.68. The molecule has 216 valence electrons. The topological polar surface area (TPSA) is 88.5 Å². The van der Waals surface area contributed by atoms with Gasteiger partial charge in [-0.25, -0.2) is 0 Å². The van der Waals surface area contributed by atoms with Crippen LogP contribution in [0.4, 0.5) is 0 Å². The van der Waals surface area contributed by atoms with Crippen molar-refractivity contribution < 1.29 is 28.9 Å². The van der Waals surface area contributed by atoms with E-state index in [1.807, 2.05) is 24.1 Å². The molecule has 1 aromatic rings. The molecule has 0 saturated carbocycles. The predicted octanol–water partition coefficient (Wildman–Crippen LogP) is 5.78. The number of ether oxygens (including phenoxy) is 3. The molecule has 3 rings (SSSR count). The molecule has 1 aromatic carbocycles.